The Balaban J connectivity index is -0.0000000175. The molecule has 0 saturated carbocycles. The quantitative estimate of drug-likeness (QED) is 0.203. The summed E-state index contributed by atoms with van der Waals surface area (Å²) >= 11 is 0. The minimum absolute atomic E-state index is 0. The summed E-state index contributed by atoms with van der Waals surface area (Å²) in [5.74, 6) is 0. The zero-order valence-electron chi connectivity index (χ0n) is 13.9. The van der Waals surface area contributed by atoms with Crippen LogP contribution in [0.5, 0.6) is 0 Å². The van der Waals surface area contributed by atoms with Crippen molar-refractivity contribution in [3.8, 4) is 0 Å². The fraction of sp³-hybridized carbons (Fsp3) is 0. The van der Waals surface area contributed by atoms with E-state index in [0.29, 0.717) is 0 Å². The summed E-state index contributed by atoms with van der Waals surface area (Å²) in [6.45, 7) is 0. The average Bonchev–Trinajstić information content (AvgIpc) is 2.20. The van der Waals surface area contributed by atoms with E-state index in [1.54, 1.807) is 0 Å². The fourth-order valence-corrected chi connectivity index (χ4v) is 0. The van der Waals surface area contributed by atoms with Crippen LogP contribution in [-0.2, 0) is 73.4 Å². The van der Waals surface area contributed by atoms with Crippen molar-refractivity contribution in [3.63, 3.8) is 0 Å². The summed E-state index contributed by atoms with van der Waals surface area (Å²) in [5.41, 5.74) is 0. The Morgan fingerprint density at radius 1 is 0.250 bits per heavy atom. The smallest absolute Gasteiger partial charge is 0.672 e. The van der Waals surface area contributed by atoms with Crippen LogP contribution in [0.4, 0.5) is 0 Å². The van der Waals surface area contributed by atoms with E-state index < -0.39 is 64.2 Å². The van der Waals surface area contributed by atoms with Crippen LogP contribution in [0.25, 0.3) is 0 Å². The molecule has 0 aliphatic heterocycles. The van der Waals surface area contributed by atoms with Gasteiger partial charge in [0, 0.05) is 64.2 Å². The third kappa shape index (κ3) is 139000. The molecule has 0 N–H and O–H groups in total. The summed E-state index contributed by atoms with van der Waals surface area (Å²) in [4.78, 5) is 119. The monoisotopic (exact) mass is 1150 g/mol. The summed E-state index contributed by atoms with van der Waals surface area (Å²) in [6, 6.07) is 0. The van der Waals surface area contributed by atoms with Gasteiger partial charge in [-0.05, 0) is 0 Å². The van der Waals surface area contributed by atoms with Gasteiger partial charge in [0.2, 0.25) is 0 Å². The number of hydrogen-bond donors (Lipinski definition) is 0. The van der Waals surface area contributed by atoms with Crippen LogP contribution in [0.15, 0.2) is 0 Å². The molecule has 0 heterocycles. The second-order valence-electron chi connectivity index (χ2n) is 1.75. The first kappa shape index (κ1) is 69.8. The Kier molecular flexibility index (Phi) is 138. The van der Waals surface area contributed by atoms with Crippen LogP contribution >= 0.6 is 0 Å². The maximum Gasteiger partial charge on any atom is 4.00 e. The molecule has 180 valence electrons. The van der Waals surface area contributed by atoms with Gasteiger partial charge in [-0.1, -0.05) is 0 Å². The van der Waals surface area contributed by atoms with Gasteiger partial charge in [-0.25, -0.2) is 0 Å². The SMILES string of the molecule is O=[Si]([O-])[O-].O=[Si]([O-])[O-].O=[Si]([O-])[O-].O=[Si]([O-])[O-].O=[Si]([O-])[O-].O=[Si]([O-])[O-].O=[Si]([O-])[O-].[In+3].[In+3].[Pt+4].[Pt+4]. The van der Waals surface area contributed by atoms with Crippen molar-refractivity contribution in [2.75, 3.05) is 0 Å². The summed E-state index contributed by atoms with van der Waals surface area (Å²) in [6.07, 6.45) is 0. The van der Waals surface area contributed by atoms with E-state index >= 15 is 0 Å². The van der Waals surface area contributed by atoms with E-state index in [1.165, 1.54) is 0 Å². The molecule has 21 nitrogen and oxygen atoms in total. The van der Waals surface area contributed by atoms with Gasteiger partial charge in [0.25, 0.3) is 0 Å². The molecule has 0 rings (SSSR count). The van der Waals surface area contributed by atoms with Gasteiger partial charge in [0.1, 0.15) is 0 Å². The Bertz CT molecular complexity index is 323. The van der Waals surface area contributed by atoms with Crippen LogP contribution in [-0.4, -0.2) is 116 Å². The van der Waals surface area contributed by atoms with Crippen LogP contribution in [0.2, 0.25) is 0 Å². The minimum Gasteiger partial charge on any atom is -0.672 e. The minimum atomic E-state index is -3.63. The predicted molar refractivity (Wildman–Crippen MR) is 56.6 cm³/mol. The normalized spacial score (nSPS) is 5.25. The van der Waals surface area contributed by atoms with E-state index in [9.17, 15) is 0 Å². The molecule has 0 aliphatic rings. The van der Waals surface area contributed by atoms with Crippen molar-refractivity contribution in [1.82, 2.24) is 0 Å². The molecule has 0 bridgehead atoms. The van der Waals surface area contributed by atoms with Crippen molar-refractivity contribution in [1.29, 1.82) is 0 Å². The van der Waals surface area contributed by atoms with Crippen LogP contribution in [0, 0.1) is 0 Å². The molecule has 0 saturated heterocycles. The van der Waals surface area contributed by atoms with Crippen molar-refractivity contribution >= 4 is 116 Å². The van der Waals surface area contributed by atoms with Gasteiger partial charge in [-0.15, -0.1) is 0 Å². The third-order valence-corrected chi connectivity index (χ3v) is 0. The number of rotatable bonds is 0. The van der Waals surface area contributed by atoms with E-state index in [0.717, 1.165) is 0 Å². The van der Waals surface area contributed by atoms with E-state index in [4.69, 9.17) is 98.4 Å². The molecule has 0 radical (unpaired) electrons. The summed E-state index contributed by atoms with van der Waals surface area (Å²) < 4.78 is 59.6. The second-order valence-corrected chi connectivity index (χ2v) is 5.25. The van der Waals surface area contributed by atoms with Gasteiger partial charge < -0.3 is 98.4 Å². The Morgan fingerprint density at radius 3 is 0.250 bits per heavy atom. The maximum absolute atomic E-state index is 8.52. The van der Waals surface area contributed by atoms with Gasteiger partial charge in [-0.3, -0.25) is 0 Å². The van der Waals surface area contributed by atoms with Crippen molar-refractivity contribution in [2.24, 2.45) is 0 Å². The largest absolute Gasteiger partial charge is 4.00 e. The molecule has 0 spiro atoms. The van der Waals surface area contributed by atoms with E-state index in [-0.39, 0.29) is 93.8 Å². The predicted octanol–water partition coefficient (Wildman–Crippen LogP) is -20.9. The number of hydrogen-bond acceptors (Lipinski definition) is 21. The second kappa shape index (κ2) is 63.4. The molecule has 0 atom stereocenters. The zero-order chi connectivity index (χ0) is 25.0. The first-order chi connectivity index (χ1) is 12.1. The Labute approximate surface area is 253 Å². The molecule has 0 aromatic rings. The molecule has 0 unspecified atom stereocenters. The van der Waals surface area contributed by atoms with Crippen molar-refractivity contribution < 1.29 is 141 Å². The maximum atomic E-state index is 8.52. The molecule has 32 heavy (non-hydrogen) atoms. The first-order valence-corrected chi connectivity index (χ1v) is 12.9. The van der Waals surface area contributed by atoms with Crippen molar-refractivity contribution in [3.05, 3.63) is 0 Å². The molecule has 0 aromatic heterocycles. The molecule has 32 heteroatoms. The first-order valence-electron chi connectivity index (χ1n) is 4.29. The Morgan fingerprint density at radius 2 is 0.250 bits per heavy atom. The summed E-state index contributed by atoms with van der Waals surface area (Å²) in [7, 11) is -25.4. The topological polar surface area (TPSA) is 442 Å². The van der Waals surface area contributed by atoms with Gasteiger partial charge in [-0.2, -0.15) is 0 Å². The summed E-state index contributed by atoms with van der Waals surface area (Å²) in [5, 5.41) is 0. The van der Waals surface area contributed by atoms with Gasteiger partial charge in [0.15, 0.2) is 0 Å². The standard InChI is InChI=1S/2In.7O3Si.2Pt/c;;7*1-4(2)3;;/q2*+3;7*-2;2*+4. The van der Waals surface area contributed by atoms with E-state index in [1.807, 2.05) is 0 Å². The zero-order valence-corrected chi connectivity index (χ0v) is 32.0. The molecule has 0 amide bonds. The van der Waals surface area contributed by atoms with Crippen LogP contribution in [0.3, 0.4) is 0 Å². The third-order valence-electron chi connectivity index (χ3n) is 0. The van der Waals surface area contributed by atoms with Crippen molar-refractivity contribution in [2.45, 2.75) is 0 Å². The Hall–Kier alpha value is 0.435. The molecule has 0 fully saturated rings. The average molecular weight is 1150 g/mol. The van der Waals surface area contributed by atoms with Crippen LogP contribution < -0.4 is 67.1 Å². The molecule has 0 aliphatic carbocycles. The van der Waals surface area contributed by atoms with Gasteiger partial charge >= 0.3 is 93.8 Å². The van der Waals surface area contributed by atoms with Crippen LogP contribution in [0.1, 0.15) is 0 Å². The molecular weight excluding hydrogens is 1150 g/mol. The fourth-order valence-electron chi connectivity index (χ4n) is 0. The van der Waals surface area contributed by atoms with E-state index in [2.05, 4.69) is 0 Å². The van der Waals surface area contributed by atoms with Gasteiger partial charge in [0.05, 0.1) is 0 Å². The molecular formula is In2O21Pt2Si7. The molecule has 0 aromatic carbocycles.